The largest absolute Gasteiger partial charge is 0.493 e. The molecule has 1 N–H and O–H groups in total. The van der Waals surface area contributed by atoms with Crippen LogP contribution >= 0.6 is 15.9 Å². The predicted molar refractivity (Wildman–Crippen MR) is 141 cm³/mol. The molecule has 0 aliphatic rings. The summed E-state index contributed by atoms with van der Waals surface area (Å²) in [6.07, 6.45) is 1.70. The SMILES string of the molecule is COc1cc2nccc(Oc3ccc4cc(NC(=O)c5cccc(Br)c5)ccc4c3)c2cc1OC. The van der Waals surface area contributed by atoms with Crippen LogP contribution in [0.25, 0.3) is 21.7 Å². The van der Waals surface area contributed by atoms with E-state index in [0.29, 0.717) is 28.6 Å². The lowest BCUT2D eigenvalue weighted by molar-refractivity contribution is 0.102. The van der Waals surface area contributed by atoms with Crippen LogP contribution in [0.5, 0.6) is 23.0 Å². The molecule has 0 spiro atoms. The molecule has 174 valence electrons. The minimum Gasteiger partial charge on any atom is -0.493 e. The molecule has 0 unspecified atom stereocenters. The summed E-state index contributed by atoms with van der Waals surface area (Å²) in [4.78, 5) is 17.0. The molecule has 1 heterocycles. The summed E-state index contributed by atoms with van der Waals surface area (Å²) < 4.78 is 17.9. The van der Waals surface area contributed by atoms with E-state index in [1.165, 1.54) is 0 Å². The summed E-state index contributed by atoms with van der Waals surface area (Å²) in [5, 5.41) is 5.74. The van der Waals surface area contributed by atoms with Crippen molar-refractivity contribution in [2.75, 3.05) is 19.5 Å². The maximum atomic E-state index is 12.6. The van der Waals surface area contributed by atoms with E-state index < -0.39 is 0 Å². The normalized spacial score (nSPS) is 10.8. The molecule has 1 aromatic heterocycles. The molecular formula is C28H21BrN2O4. The molecule has 0 aliphatic carbocycles. The molecule has 0 saturated heterocycles. The number of aromatic nitrogens is 1. The molecule has 1 amide bonds. The Balaban J connectivity index is 1.40. The molecule has 0 bridgehead atoms. The van der Waals surface area contributed by atoms with Gasteiger partial charge in [0.15, 0.2) is 11.5 Å². The van der Waals surface area contributed by atoms with Crippen molar-refractivity contribution in [3.8, 4) is 23.0 Å². The first-order valence-electron chi connectivity index (χ1n) is 10.8. The van der Waals surface area contributed by atoms with Gasteiger partial charge in [0.25, 0.3) is 5.91 Å². The third-order valence-electron chi connectivity index (χ3n) is 5.59. The minimum atomic E-state index is -0.165. The number of methoxy groups -OCH3 is 2. The van der Waals surface area contributed by atoms with Crippen LogP contribution in [-0.4, -0.2) is 25.1 Å². The third kappa shape index (κ3) is 4.76. The van der Waals surface area contributed by atoms with Gasteiger partial charge in [-0.05, 0) is 65.4 Å². The van der Waals surface area contributed by atoms with E-state index in [9.17, 15) is 4.79 Å². The zero-order valence-electron chi connectivity index (χ0n) is 19.0. The number of carbonyl (C=O) groups is 1. The van der Waals surface area contributed by atoms with Gasteiger partial charge in [0.2, 0.25) is 0 Å². The van der Waals surface area contributed by atoms with Gasteiger partial charge in [-0.2, -0.15) is 0 Å². The van der Waals surface area contributed by atoms with Gasteiger partial charge in [-0.3, -0.25) is 9.78 Å². The Labute approximate surface area is 210 Å². The summed E-state index contributed by atoms with van der Waals surface area (Å²) in [5.41, 5.74) is 2.05. The molecule has 0 saturated carbocycles. The van der Waals surface area contributed by atoms with Crippen LogP contribution in [0.3, 0.4) is 0 Å². The van der Waals surface area contributed by atoms with E-state index in [-0.39, 0.29) is 5.91 Å². The zero-order chi connectivity index (χ0) is 24.4. The number of hydrogen-bond donors (Lipinski definition) is 1. The van der Waals surface area contributed by atoms with Gasteiger partial charge in [-0.25, -0.2) is 0 Å². The lowest BCUT2D eigenvalue weighted by Gasteiger charge is -2.13. The number of ether oxygens (including phenoxy) is 3. The fourth-order valence-corrected chi connectivity index (χ4v) is 4.26. The number of halogens is 1. The zero-order valence-corrected chi connectivity index (χ0v) is 20.6. The van der Waals surface area contributed by atoms with Crippen LogP contribution in [0.1, 0.15) is 10.4 Å². The Hall–Kier alpha value is -4.10. The van der Waals surface area contributed by atoms with Gasteiger partial charge >= 0.3 is 0 Å². The van der Waals surface area contributed by atoms with Crippen LogP contribution in [0, 0.1) is 0 Å². The van der Waals surface area contributed by atoms with Crippen molar-refractivity contribution < 1.29 is 19.0 Å². The van der Waals surface area contributed by atoms with Crippen molar-refractivity contribution in [1.82, 2.24) is 4.98 Å². The number of benzene rings is 4. The van der Waals surface area contributed by atoms with E-state index in [4.69, 9.17) is 14.2 Å². The number of carbonyl (C=O) groups excluding carboxylic acids is 1. The van der Waals surface area contributed by atoms with Gasteiger partial charge in [0, 0.05) is 33.4 Å². The van der Waals surface area contributed by atoms with E-state index in [0.717, 1.165) is 31.8 Å². The van der Waals surface area contributed by atoms with Gasteiger partial charge < -0.3 is 19.5 Å². The first kappa shape index (κ1) is 22.7. The van der Waals surface area contributed by atoms with E-state index in [1.807, 2.05) is 66.7 Å². The van der Waals surface area contributed by atoms with Crippen LogP contribution in [0.15, 0.2) is 89.5 Å². The summed E-state index contributed by atoms with van der Waals surface area (Å²) in [6, 6.07) is 24.4. The minimum absolute atomic E-state index is 0.165. The fraction of sp³-hybridized carbons (Fsp3) is 0.0714. The Morgan fingerprint density at radius 2 is 1.60 bits per heavy atom. The van der Waals surface area contributed by atoms with E-state index in [1.54, 1.807) is 32.5 Å². The van der Waals surface area contributed by atoms with Crippen molar-refractivity contribution in [3.63, 3.8) is 0 Å². The maximum Gasteiger partial charge on any atom is 0.255 e. The number of nitrogens with one attached hydrogen (secondary N) is 1. The number of amides is 1. The molecule has 0 radical (unpaired) electrons. The third-order valence-corrected chi connectivity index (χ3v) is 6.08. The van der Waals surface area contributed by atoms with Crippen molar-refractivity contribution in [2.45, 2.75) is 0 Å². The summed E-state index contributed by atoms with van der Waals surface area (Å²) in [7, 11) is 3.19. The second-order valence-corrected chi connectivity index (χ2v) is 8.74. The molecule has 5 rings (SSSR count). The van der Waals surface area contributed by atoms with Crippen molar-refractivity contribution >= 4 is 49.2 Å². The second-order valence-electron chi connectivity index (χ2n) is 7.82. The lowest BCUT2D eigenvalue weighted by atomic mass is 10.1. The Kier molecular flexibility index (Phi) is 6.25. The fourth-order valence-electron chi connectivity index (χ4n) is 3.86. The average molecular weight is 529 g/mol. The number of pyridine rings is 1. The summed E-state index contributed by atoms with van der Waals surface area (Å²) >= 11 is 3.40. The lowest BCUT2D eigenvalue weighted by Crippen LogP contribution is -2.11. The van der Waals surface area contributed by atoms with Crippen molar-refractivity contribution in [3.05, 3.63) is 95.1 Å². The molecule has 0 fully saturated rings. The smallest absolute Gasteiger partial charge is 0.255 e. The molecule has 35 heavy (non-hydrogen) atoms. The van der Waals surface area contributed by atoms with Gasteiger partial charge in [-0.1, -0.05) is 34.1 Å². The highest BCUT2D eigenvalue weighted by Gasteiger charge is 2.12. The monoisotopic (exact) mass is 528 g/mol. The standard InChI is InChI=1S/C28H21BrN2O4/c1-33-26-15-23-24(16-27(26)34-2)30-11-10-25(23)35-22-9-7-17-13-21(8-6-18(17)14-22)31-28(32)19-4-3-5-20(29)12-19/h3-16H,1-2H3,(H,31,32). The highest BCUT2D eigenvalue weighted by atomic mass is 79.9. The van der Waals surface area contributed by atoms with Crippen LogP contribution in [-0.2, 0) is 0 Å². The van der Waals surface area contributed by atoms with Gasteiger partial charge in [-0.15, -0.1) is 0 Å². The Morgan fingerprint density at radius 3 is 2.40 bits per heavy atom. The molecule has 6 nitrogen and oxygen atoms in total. The quantitative estimate of drug-likeness (QED) is 0.252. The number of nitrogens with zero attached hydrogens (tertiary/aromatic N) is 1. The summed E-state index contributed by atoms with van der Waals surface area (Å²) in [6.45, 7) is 0. The average Bonchev–Trinajstić information content (AvgIpc) is 2.88. The number of rotatable bonds is 6. The molecule has 4 aromatic carbocycles. The molecule has 7 heteroatoms. The Bertz CT molecular complexity index is 1570. The highest BCUT2D eigenvalue weighted by Crippen LogP contribution is 2.37. The molecule has 5 aromatic rings. The number of anilines is 1. The second kappa shape index (κ2) is 9.64. The van der Waals surface area contributed by atoms with Gasteiger partial charge in [0.1, 0.15) is 11.5 Å². The number of hydrogen-bond acceptors (Lipinski definition) is 5. The topological polar surface area (TPSA) is 69.7 Å². The maximum absolute atomic E-state index is 12.6. The van der Waals surface area contributed by atoms with Crippen LogP contribution in [0.4, 0.5) is 5.69 Å². The van der Waals surface area contributed by atoms with E-state index >= 15 is 0 Å². The highest BCUT2D eigenvalue weighted by molar-refractivity contribution is 9.10. The first-order valence-corrected chi connectivity index (χ1v) is 11.6. The van der Waals surface area contributed by atoms with Crippen LogP contribution in [0.2, 0.25) is 0 Å². The number of fused-ring (bicyclic) bond motifs is 2. The predicted octanol–water partition coefficient (Wildman–Crippen LogP) is 7.21. The van der Waals surface area contributed by atoms with Gasteiger partial charge in [0.05, 0.1) is 19.7 Å². The molecule has 0 atom stereocenters. The van der Waals surface area contributed by atoms with E-state index in [2.05, 4.69) is 26.2 Å². The van der Waals surface area contributed by atoms with Crippen molar-refractivity contribution in [2.24, 2.45) is 0 Å². The van der Waals surface area contributed by atoms with Crippen molar-refractivity contribution in [1.29, 1.82) is 0 Å². The van der Waals surface area contributed by atoms with Crippen LogP contribution < -0.4 is 19.5 Å². The summed E-state index contributed by atoms with van der Waals surface area (Å²) in [5.74, 6) is 2.40. The molecule has 0 aliphatic heterocycles. The molecular weight excluding hydrogens is 508 g/mol. The Morgan fingerprint density at radius 1 is 0.829 bits per heavy atom. The first-order chi connectivity index (χ1) is 17.0.